The van der Waals surface area contributed by atoms with E-state index in [0.717, 1.165) is 32.4 Å². The molecular weight excluding hydrogens is 226 g/mol. The van der Waals surface area contributed by atoms with Crippen LogP contribution < -0.4 is 0 Å². The zero-order valence-electron chi connectivity index (χ0n) is 11.6. The predicted octanol–water partition coefficient (Wildman–Crippen LogP) is 2.23. The van der Waals surface area contributed by atoms with Gasteiger partial charge in [0.15, 0.2) is 0 Å². The standard InChI is InChI=1S/C15H27NO2/c1-13-5-4-7-15(9-13,12-18)11-16-8-3-2-6-14(16)10-17/h12-14,17H,2-11H2,1H3. The third-order valence-corrected chi connectivity index (χ3v) is 4.85. The van der Waals surface area contributed by atoms with Gasteiger partial charge in [-0.1, -0.05) is 26.2 Å². The fourth-order valence-corrected chi connectivity index (χ4v) is 3.87. The van der Waals surface area contributed by atoms with E-state index in [2.05, 4.69) is 11.8 Å². The van der Waals surface area contributed by atoms with Crippen LogP contribution >= 0.6 is 0 Å². The molecule has 0 aromatic rings. The van der Waals surface area contributed by atoms with Crippen LogP contribution in [-0.2, 0) is 4.79 Å². The summed E-state index contributed by atoms with van der Waals surface area (Å²) in [6.45, 7) is 4.42. The van der Waals surface area contributed by atoms with E-state index in [9.17, 15) is 9.90 Å². The van der Waals surface area contributed by atoms with E-state index >= 15 is 0 Å². The highest BCUT2D eigenvalue weighted by Gasteiger charge is 2.38. The molecule has 3 unspecified atom stereocenters. The van der Waals surface area contributed by atoms with Gasteiger partial charge in [-0.2, -0.15) is 0 Å². The molecule has 0 aromatic heterocycles. The summed E-state index contributed by atoms with van der Waals surface area (Å²) in [5, 5.41) is 9.47. The topological polar surface area (TPSA) is 40.5 Å². The summed E-state index contributed by atoms with van der Waals surface area (Å²) in [7, 11) is 0. The second-order valence-electron chi connectivity index (χ2n) is 6.48. The van der Waals surface area contributed by atoms with Gasteiger partial charge in [-0.25, -0.2) is 0 Å². The molecule has 0 amide bonds. The van der Waals surface area contributed by atoms with Crippen molar-refractivity contribution in [2.24, 2.45) is 11.3 Å². The Morgan fingerprint density at radius 2 is 2.17 bits per heavy atom. The fraction of sp³-hybridized carbons (Fsp3) is 0.933. The molecule has 18 heavy (non-hydrogen) atoms. The highest BCUT2D eigenvalue weighted by Crippen LogP contribution is 2.39. The van der Waals surface area contributed by atoms with Crippen LogP contribution in [0.15, 0.2) is 0 Å². The molecule has 104 valence electrons. The lowest BCUT2D eigenvalue weighted by molar-refractivity contribution is -0.121. The molecule has 3 nitrogen and oxygen atoms in total. The Balaban J connectivity index is 2.01. The zero-order valence-corrected chi connectivity index (χ0v) is 11.6. The van der Waals surface area contributed by atoms with Crippen molar-refractivity contribution in [3.8, 4) is 0 Å². The average molecular weight is 253 g/mol. The molecule has 0 radical (unpaired) electrons. The first-order valence-corrected chi connectivity index (χ1v) is 7.50. The maximum absolute atomic E-state index is 11.6. The van der Waals surface area contributed by atoms with Crippen LogP contribution in [0.5, 0.6) is 0 Å². The second-order valence-corrected chi connectivity index (χ2v) is 6.48. The second kappa shape index (κ2) is 6.16. The van der Waals surface area contributed by atoms with Gasteiger partial charge in [-0.15, -0.1) is 0 Å². The number of carbonyl (C=O) groups excluding carboxylic acids is 1. The lowest BCUT2D eigenvalue weighted by Crippen LogP contribution is -2.49. The molecule has 2 rings (SSSR count). The normalized spacial score (nSPS) is 38.6. The molecule has 0 aromatic carbocycles. The van der Waals surface area contributed by atoms with Crippen molar-refractivity contribution >= 4 is 6.29 Å². The monoisotopic (exact) mass is 253 g/mol. The Bertz CT molecular complexity index is 282. The lowest BCUT2D eigenvalue weighted by Gasteiger charge is -2.43. The molecule has 3 heteroatoms. The number of rotatable bonds is 4. The first kappa shape index (κ1) is 14.0. The van der Waals surface area contributed by atoms with Crippen molar-refractivity contribution in [1.29, 1.82) is 0 Å². The van der Waals surface area contributed by atoms with E-state index in [4.69, 9.17) is 0 Å². The SMILES string of the molecule is CC1CCCC(C=O)(CN2CCCCC2CO)C1. The van der Waals surface area contributed by atoms with Crippen LogP contribution in [0.1, 0.15) is 51.9 Å². The van der Waals surface area contributed by atoms with Crippen molar-refractivity contribution in [1.82, 2.24) is 4.90 Å². The quantitative estimate of drug-likeness (QED) is 0.781. The minimum Gasteiger partial charge on any atom is -0.395 e. The Kier molecular flexibility index (Phi) is 4.79. The van der Waals surface area contributed by atoms with E-state index in [-0.39, 0.29) is 18.1 Å². The van der Waals surface area contributed by atoms with E-state index in [1.54, 1.807) is 0 Å². The Hall–Kier alpha value is -0.410. The molecular formula is C15H27NO2. The summed E-state index contributed by atoms with van der Waals surface area (Å²) in [4.78, 5) is 14.0. The number of likely N-dealkylation sites (tertiary alicyclic amines) is 1. The number of hydrogen-bond acceptors (Lipinski definition) is 3. The number of nitrogens with zero attached hydrogens (tertiary/aromatic N) is 1. The third-order valence-electron chi connectivity index (χ3n) is 4.85. The summed E-state index contributed by atoms with van der Waals surface area (Å²) in [6.07, 6.45) is 9.23. The Morgan fingerprint density at radius 3 is 2.83 bits per heavy atom. The van der Waals surface area contributed by atoms with Crippen molar-refractivity contribution in [2.45, 2.75) is 57.9 Å². The summed E-state index contributed by atoms with van der Waals surface area (Å²) in [6, 6.07) is 0.285. The van der Waals surface area contributed by atoms with Gasteiger partial charge in [-0.05, 0) is 38.1 Å². The van der Waals surface area contributed by atoms with Gasteiger partial charge in [0.1, 0.15) is 6.29 Å². The molecule has 1 aliphatic heterocycles. The van der Waals surface area contributed by atoms with Crippen LogP contribution in [0.4, 0.5) is 0 Å². The zero-order chi connectivity index (χ0) is 13.0. The summed E-state index contributed by atoms with van der Waals surface area (Å²) >= 11 is 0. The van der Waals surface area contributed by atoms with Gasteiger partial charge in [0, 0.05) is 18.0 Å². The van der Waals surface area contributed by atoms with Gasteiger partial charge >= 0.3 is 0 Å². The molecule has 1 heterocycles. The molecule has 2 aliphatic rings. The molecule has 1 saturated heterocycles. The largest absolute Gasteiger partial charge is 0.395 e. The third kappa shape index (κ3) is 3.12. The number of aliphatic hydroxyl groups is 1. The maximum Gasteiger partial charge on any atom is 0.127 e. The predicted molar refractivity (Wildman–Crippen MR) is 72.4 cm³/mol. The summed E-state index contributed by atoms with van der Waals surface area (Å²) in [5.74, 6) is 0.668. The number of piperidine rings is 1. The fourth-order valence-electron chi connectivity index (χ4n) is 3.87. The number of hydrogen-bond donors (Lipinski definition) is 1. The number of aliphatic hydroxyl groups excluding tert-OH is 1. The van der Waals surface area contributed by atoms with Crippen LogP contribution in [-0.4, -0.2) is 42.0 Å². The van der Waals surface area contributed by atoms with Gasteiger partial charge in [0.05, 0.1) is 6.61 Å². The van der Waals surface area contributed by atoms with E-state index in [1.165, 1.54) is 32.0 Å². The van der Waals surface area contributed by atoms with Gasteiger partial charge in [0.25, 0.3) is 0 Å². The summed E-state index contributed by atoms with van der Waals surface area (Å²) in [5.41, 5.74) is -0.136. The molecule has 1 N–H and O–H groups in total. The molecule has 0 spiro atoms. The molecule has 1 aliphatic carbocycles. The van der Waals surface area contributed by atoms with Crippen molar-refractivity contribution in [3.63, 3.8) is 0 Å². The van der Waals surface area contributed by atoms with Crippen LogP contribution in [0.3, 0.4) is 0 Å². The van der Waals surface area contributed by atoms with Crippen LogP contribution in [0, 0.1) is 11.3 Å². The first-order valence-electron chi connectivity index (χ1n) is 7.50. The van der Waals surface area contributed by atoms with Crippen molar-refractivity contribution in [3.05, 3.63) is 0 Å². The summed E-state index contributed by atoms with van der Waals surface area (Å²) < 4.78 is 0. The smallest absolute Gasteiger partial charge is 0.127 e. The molecule has 1 saturated carbocycles. The minimum absolute atomic E-state index is 0.136. The molecule has 3 atom stereocenters. The van der Waals surface area contributed by atoms with Gasteiger partial charge < -0.3 is 9.90 Å². The van der Waals surface area contributed by atoms with E-state index in [0.29, 0.717) is 5.92 Å². The highest BCUT2D eigenvalue weighted by atomic mass is 16.3. The van der Waals surface area contributed by atoms with Crippen molar-refractivity contribution in [2.75, 3.05) is 19.7 Å². The Labute approximate surface area is 111 Å². The van der Waals surface area contributed by atoms with Crippen LogP contribution in [0.2, 0.25) is 0 Å². The highest BCUT2D eigenvalue weighted by molar-refractivity contribution is 5.60. The van der Waals surface area contributed by atoms with Crippen molar-refractivity contribution < 1.29 is 9.90 Å². The Morgan fingerprint density at radius 1 is 1.33 bits per heavy atom. The number of carbonyl (C=O) groups is 1. The number of aldehydes is 1. The molecule has 2 fully saturated rings. The molecule has 0 bridgehead atoms. The maximum atomic E-state index is 11.6. The minimum atomic E-state index is -0.136. The van der Waals surface area contributed by atoms with Gasteiger partial charge in [-0.3, -0.25) is 4.90 Å². The van der Waals surface area contributed by atoms with E-state index in [1.807, 2.05) is 0 Å². The average Bonchev–Trinajstić information content (AvgIpc) is 2.39. The lowest BCUT2D eigenvalue weighted by atomic mass is 9.70. The van der Waals surface area contributed by atoms with E-state index < -0.39 is 0 Å². The first-order chi connectivity index (χ1) is 8.69. The van der Waals surface area contributed by atoms with Gasteiger partial charge in [0.2, 0.25) is 0 Å². The van der Waals surface area contributed by atoms with Crippen LogP contribution in [0.25, 0.3) is 0 Å².